The molecule has 2 aromatic carbocycles. The molecule has 1 aliphatic heterocycles. The summed E-state index contributed by atoms with van der Waals surface area (Å²) in [7, 11) is 2.55. The molecule has 0 amide bonds. The maximum atomic E-state index is 14.2. The SMILES string of the molecule is CCCN1c2ccc(C#Cc3ccccc3)c(Cc3cnc(N)nc3N)c2C(=O)C(OC)(C(=O)O)C1OC. The molecule has 0 saturated heterocycles. The van der Waals surface area contributed by atoms with Gasteiger partial charge in [0.1, 0.15) is 5.82 Å². The Bertz CT molecular complexity index is 1430. The molecule has 10 heteroatoms. The second-order valence-corrected chi connectivity index (χ2v) is 8.77. The van der Waals surface area contributed by atoms with Crippen molar-refractivity contribution in [3.8, 4) is 11.8 Å². The molecule has 2 unspecified atom stereocenters. The van der Waals surface area contributed by atoms with E-state index in [-0.39, 0.29) is 23.8 Å². The van der Waals surface area contributed by atoms with Gasteiger partial charge in [0.25, 0.3) is 5.60 Å². The predicted octanol–water partition coefficient (Wildman–Crippen LogP) is 2.49. The summed E-state index contributed by atoms with van der Waals surface area (Å²) < 4.78 is 11.1. The van der Waals surface area contributed by atoms with Crippen molar-refractivity contribution < 1.29 is 24.2 Å². The molecular formula is C28H29N5O5. The second kappa shape index (κ2) is 10.9. The van der Waals surface area contributed by atoms with Gasteiger partial charge in [-0.3, -0.25) is 4.79 Å². The summed E-state index contributed by atoms with van der Waals surface area (Å²) in [4.78, 5) is 36.7. The van der Waals surface area contributed by atoms with Crippen molar-refractivity contribution in [2.24, 2.45) is 0 Å². The van der Waals surface area contributed by atoms with E-state index in [1.807, 2.05) is 43.3 Å². The maximum Gasteiger partial charge on any atom is 0.349 e. The highest BCUT2D eigenvalue weighted by Crippen LogP contribution is 2.42. The van der Waals surface area contributed by atoms with Crippen LogP contribution in [0, 0.1) is 11.8 Å². The Morgan fingerprint density at radius 2 is 1.89 bits per heavy atom. The number of carbonyl (C=O) groups excluding carboxylic acids is 1. The third-order valence-corrected chi connectivity index (χ3v) is 6.52. The Kier molecular flexibility index (Phi) is 7.62. The highest BCUT2D eigenvalue weighted by Gasteiger charge is 2.60. The molecule has 1 aliphatic rings. The fraction of sp³-hybridized carbons (Fsp3) is 0.286. The largest absolute Gasteiger partial charge is 0.479 e. The molecule has 2 atom stereocenters. The summed E-state index contributed by atoms with van der Waals surface area (Å²) in [5.41, 5.74) is 12.5. The number of carbonyl (C=O) groups is 2. The highest BCUT2D eigenvalue weighted by molar-refractivity contribution is 6.21. The number of fused-ring (bicyclic) bond motifs is 1. The van der Waals surface area contributed by atoms with E-state index in [0.717, 1.165) is 5.56 Å². The minimum absolute atomic E-state index is 0.0165. The number of nitrogens with zero attached hydrogens (tertiary/aromatic N) is 3. The van der Waals surface area contributed by atoms with Crippen LogP contribution in [0.2, 0.25) is 0 Å². The molecule has 0 saturated carbocycles. The van der Waals surface area contributed by atoms with Gasteiger partial charge in [0.15, 0.2) is 6.23 Å². The van der Waals surface area contributed by atoms with E-state index >= 15 is 0 Å². The third-order valence-electron chi connectivity index (χ3n) is 6.52. The molecule has 2 heterocycles. The standard InChI is InChI=1S/C28H29N5O5/c1-4-14-33-21-13-12-18(11-10-17-8-6-5-7-9-17)20(15-19-16-31-27(30)32-24(19)29)22(21)23(34)28(38-3,26(35)36)25(33)37-2/h5-9,12-13,16,25H,4,14-15H2,1-3H3,(H,35,36)(H4,29,30,31,32). The van der Waals surface area contributed by atoms with Gasteiger partial charge in [0.2, 0.25) is 11.7 Å². The zero-order valence-electron chi connectivity index (χ0n) is 21.4. The average Bonchev–Trinajstić information content (AvgIpc) is 2.91. The number of carboxylic acids is 1. The van der Waals surface area contributed by atoms with Crippen LogP contribution >= 0.6 is 0 Å². The summed E-state index contributed by atoms with van der Waals surface area (Å²) in [6.07, 6.45) is 1.07. The number of hydrogen-bond acceptors (Lipinski definition) is 9. The number of carboxylic acid groups (broad SMARTS) is 1. The quantitative estimate of drug-likeness (QED) is 0.316. The van der Waals surface area contributed by atoms with Gasteiger partial charge in [-0.2, -0.15) is 4.98 Å². The normalized spacial score (nSPS) is 18.4. The van der Waals surface area contributed by atoms with Crippen molar-refractivity contribution >= 4 is 29.2 Å². The van der Waals surface area contributed by atoms with E-state index in [4.69, 9.17) is 20.9 Å². The molecule has 4 rings (SSSR count). The lowest BCUT2D eigenvalue weighted by molar-refractivity contribution is -0.171. The highest BCUT2D eigenvalue weighted by atomic mass is 16.6. The fourth-order valence-corrected chi connectivity index (χ4v) is 4.75. The molecule has 10 nitrogen and oxygen atoms in total. The lowest BCUT2D eigenvalue weighted by atomic mass is 9.80. The number of Topliss-reactive ketones (excluding diaryl/α,β-unsaturated/α-hetero) is 1. The van der Waals surface area contributed by atoms with E-state index in [9.17, 15) is 14.7 Å². The molecule has 0 spiro atoms. The van der Waals surface area contributed by atoms with Crippen LogP contribution in [-0.4, -0.2) is 59.4 Å². The zero-order chi connectivity index (χ0) is 27.4. The van der Waals surface area contributed by atoms with Crippen LogP contribution in [0.1, 0.15) is 46.0 Å². The lowest BCUT2D eigenvalue weighted by Crippen LogP contribution is -2.67. The topological polar surface area (TPSA) is 154 Å². The van der Waals surface area contributed by atoms with Gasteiger partial charge in [-0.1, -0.05) is 37.0 Å². The Balaban J connectivity index is 2.02. The number of ether oxygens (including phenoxy) is 2. The van der Waals surface area contributed by atoms with Gasteiger partial charge in [0.05, 0.1) is 5.69 Å². The number of nitrogen functional groups attached to an aromatic ring is 2. The Labute approximate surface area is 220 Å². The molecule has 38 heavy (non-hydrogen) atoms. The molecule has 196 valence electrons. The van der Waals surface area contributed by atoms with Crippen molar-refractivity contribution in [1.29, 1.82) is 0 Å². The van der Waals surface area contributed by atoms with Gasteiger partial charge in [-0.25, -0.2) is 9.78 Å². The van der Waals surface area contributed by atoms with Crippen molar-refractivity contribution in [2.45, 2.75) is 31.6 Å². The summed E-state index contributed by atoms with van der Waals surface area (Å²) >= 11 is 0. The van der Waals surface area contributed by atoms with E-state index < -0.39 is 23.6 Å². The van der Waals surface area contributed by atoms with E-state index in [2.05, 4.69) is 21.8 Å². The van der Waals surface area contributed by atoms with Crippen molar-refractivity contribution in [1.82, 2.24) is 9.97 Å². The minimum Gasteiger partial charge on any atom is -0.479 e. The molecule has 0 fully saturated rings. The lowest BCUT2D eigenvalue weighted by Gasteiger charge is -2.46. The molecular weight excluding hydrogens is 486 g/mol. The number of hydrogen-bond donors (Lipinski definition) is 3. The summed E-state index contributed by atoms with van der Waals surface area (Å²) in [6.45, 7) is 2.36. The van der Waals surface area contributed by atoms with E-state index in [0.29, 0.717) is 35.3 Å². The van der Waals surface area contributed by atoms with Gasteiger partial charge < -0.3 is 30.9 Å². The van der Waals surface area contributed by atoms with Crippen LogP contribution < -0.4 is 16.4 Å². The fourth-order valence-electron chi connectivity index (χ4n) is 4.75. The third kappa shape index (κ3) is 4.53. The number of rotatable bonds is 7. The first-order valence-corrected chi connectivity index (χ1v) is 12.0. The number of benzene rings is 2. The minimum atomic E-state index is -2.31. The van der Waals surface area contributed by atoms with E-state index in [1.54, 1.807) is 11.0 Å². The molecule has 0 aliphatic carbocycles. The molecule has 5 N–H and O–H groups in total. The van der Waals surface area contributed by atoms with Crippen LogP contribution in [0.25, 0.3) is 0 Å². The van der Waals surface area contributed by atoms with Gasteiger partial charge in [-0.05, 0) is 36.2 Å². The Hall–Kier alpha value is -4.46. The number of aromatic nitrogens is 2. The van der Waals surface area contributed by atoms with E-state index in [1.165, 1.54) is 20.4 Å². The van der Waals surface area contributed by atoms with Gasteiger partial charge >= 0.3 is 5.97 Å². The first-order chi connectivity index (χ1) is 18.3. The first-order valence-electron chi connectivity index (χ1n) is 12.0. The molecule has 0 radical (unpaired) electrons. The van der Waals surface area contributed by atoms with Crippen LogP contribution in [0.3, 0.4) is 0 Å². The monoisotopic (exact) mass is 515 g/mol. The van der Waals surface area contributed by atoms with Crippen LogP contribution in [-0.2, 0) is 20.7 Å². The zero-order valence-corrected chi connectivity index (χ0v) is 21.4. The molecule has 0 bridgehead atoms. The van der Waals surface area contributed by atoms with Crippen LogP contribution in [0.5, 0.6) is 0 Å². The number of nitrogens with two attached hydrogens (primary N) is 2. The van der Waals surface area contributed by atoms with Crippen molar-refractivity contribution in [2.75, 3.05) is 37.1 Å². The summed E-state index contributed by atoms with van der Waals surface area (Å²) in [5.74, 6) is 4.24. The Morgan fingerprint density at radius 3 is 2.50 bits per heavy atom. The van der Waals surface area contributed by atoms with Gasteiger partial charge in [0, 0.05) is 55.6 Å². The van der Waals surface area contributed by atoms with Crippen LogP contribution in [0.15, 0.2) is 48.7 Å². The van der Waals surface area contributed by atoms with Gasteiger partial charge in [-0.15, -0.1) is 0 Å². The van der Waals surface area contributed by atoms with Crippen molar-refractivity contribution in [3.05, 3.63) is 76.5 Å². The summed E-state index contributed by atoms with van der Waals surface area (Å²) in [6, 6.07) is 13.0. The molecule has 3 aromatic rings. The number of aliphatic carboxylic acids is 1. The van der Waals surface area contributed by atoms with Crippen LogP contribution in [0.4, 0.5) is 17.5 Å². The maximum absolute atomic E-state index is 14.2. The number of methoxy groups -OCH3 is 2. The van der Waals surface area contributed by atoms with Crippen molar-refractivity contribution in [3.63, 3.8) is 0 Å². The average molecular weight is 516 g/mol. The Morgan fingerprint density at radius 1 is 1.16 bits per heavy atom. The smallest absolute Gasteiger partial charge is 0.349 e. The second-order valence-electron chi connectivity index (χ2n) is 8.77. The summed E-state index contributed by atoms with van der Waals surface area (Å²) in [5, 5.41) is 10.3. The predicted molar refractivity (Wildman–Crippen MR) is 143 cm³/mol. The number of ketones is 1. The number of anilines is 3. The molecule has 1 aromatic heterocycles. The first kappa shape index (κ1) is 26.6.